The third-order valence-electron chi connectivity index (χ3n) is 1.75. The van der Waals surface area contributed by atoms with E-state index < -0.39 is 0 Å². The molecule has 0 saturated heterocycles. The summed E-state index contributed by atoms with van der Waals surface area (Å²) in [7, 11) is 1.67. The van der Waals surface area contributed by atoms with Crippen LogP contribution < -0.4 is 0 Å². The first-order valence-corrected chi connectivity index (χ1v) is 5.47. The van der Waals surface area contributed by atoms with Crippen LogP contribution in [0.3, 0.4) is 0 Å². The summed E-state index contributed by atoms with van der Waals surface area (Å²) < 4.78 is 10.4. The topological polar surface area (TPSA) is 63.9 Å². The fourth-order valence-corrected chi connectivity index (χ4v) is 1.71. The molecule has 6 heteroatoms. The number of aromatic nitrogens is 3. The number of nitrogens with zero attached hydrogens (tertiary/aromatic N) is 2. The van der Waals surface area contributed by atoms with Crippen molar-refractivity contribution in [3.05, 3.63) is 18.3 Å². The minimum atomic E-state index is 0.514. The fraction of sp³-hybridized carbons (Fsp3) is 0.333. The van der Waals surface area contributed by atoms with Crippen molar-refractivity contribution < 1.29 is 9.15 Å². The van der Waals surface area contributed by atoms with E-state index in [1.165, 1.54) is 11.8 Å². The first-order chi connectivity index (χ1) is 7.40. The lowest BCUT2D eigenvalue weighted by molar-refractivity contribution is 0.218. The number of ether oxygens (including phenoxy) is 1. The van der Waals surface area contributed by atoms with E-state index in [0.29, 0.717) is 17.7 Å². The van der Waals surface area contributed by atoms with Crippen LogP contribution in [0.25, 0.3) is 11.6 Å². The van der Waals surface area contributed by atoms with Gasteiger partial charge in [-0.25, -0.2) is 0 Å². The average molecular weight is 225 g/mol. The molecule has 15 heavy (non-hydrogen) atoms. The Balaban J connectivity index is 1.98. The molecule has 80 valence electrons. The Hall–Kier alpha value is -1.27. The molecule has 0 atom stereocenters. The lowest BCUT2D eigenvalue weighted by Crippen LogP contribution is -1.90. The number of thioether (sulfide) groups is 1. The molecule has 0 aliphatic rings. The van der Waals surface area contributed by atoms with E-state index in [2.05, 4.69) is 15.2 Å². The molecular formula is C9H11N3O2S. The smallest absolute Gasteiger partial charge is 0.276 e. The molecule has 2 heterocycles. The Kier molecular flexibility index (Phi) is 3.41. The summed E-state index contributed by atoms with van der Waals surface area (Å²) in [4.78, 5) is 3.00. The summed E-state index contributed by atoms with van der Waals surface area (Å²) >= 11 is 1.48. The van der Waals surface area contributed by atoms with Gasteiger partial charge in [0.1, 0.15) is 5.69 Å². The molecule has 0 aromatic carbocycles. The van der Waals surface area contributed by atoms with Gasteiger partial charge in [0.15, 0.2) is 0 Å². The Morgan fingerprint density at radius 3 is 3.20 bits per heavy atom. The second-order valence-corrected chi connectivity index (χ2v) is 3.84. The molecule has 0 amide bonds. The number of hydrogen-bond acceptors (Lipinski definition) is 5. The average Bonchev–Trinajstić information content (AvgIpc) is 2.87. The molecule has 0 unspecified atom stereocenters. The molecule has 5 nitrogen and oxygen atoms in total. The summed E-state index contributed by atoms with van der Waals surface area (Å²) in [6.45, 7) is 0.672. The highest BCUT2D eigenvalue weighted by atomic mass is 32.2. The highest BCUT2D eigenvalue weighted by Gasteiger charge is 2.08. The highest BCUT2D eigenvalue weighted by molar-refractivity contribution is 7.99. The zero-order valence-corrected chi connectivity index (χ0v) is 9.08. The van der Waals surface area contributed by atoms with Gasteiger partial charge in [-0.2, -0.15) is 0 Å². The maximum atomic E-state index is 5.43. The van der Waals surface area contributed by atoms with Crippen molar-refractivity contribution >= 4 is 11.8 Å². The van der Waals surface area contributed by atoms with Crippen molar-refractivity contribution in [2.75, 3.05) is 19.5 Å². The van der Waals surface area contributed by atoms with Crippen LogP contribution in [-0.4, -0.2) is 34.7 Å². The quantitative estimate of drug-likeness (QED) is 0.621. The Labute approximate surface area is 91.2 Å². The SMILES string of the molecule is COCCSc1nnc(-c2ccc[nH]2)o1. The lowest BCUT2D eigenvalue weighted by Gasteiger charge is -1.93. The van der Waals surface area contributed by atoms with Gasteiger partial charge in [-0.05, 0) is 12.1 Å². The zero-order valence-electron chi connectivity index (χ0n) is 8.27. The molecular weight excluding hydrogens is 214 g/mol. The first-order valence-electron chi connectivity index (χ1n) is 4.49. The summed E-state index contributed by atoms with van der Waals surface area (Å²) in [5.41, 5.74) is 0.834. The third kappa shape index (κ3) is 2.60. The maximum absolute atomic E-state index is 5.43. The van der Waals surface area contributed by atoms with Gasteiger partial charge < -0.3 is 14.1 Å². The predicted molar refractivity (Wildman–Crippen MR) is 56.7 cm³/mol. The molecule has 0 aliphatic heterocycles. The lowest BCUT2D eigenvalue weighted by atomic mass is 10.4. The van der Waals surface area contributed by atoms with Gasteiger partial charge in [0.05, 0.1) is 6.61 Å². The second-order valence-electron chi connectivity index (χ2n) is 2.80. The van der Waals surface area contributed by atoms with Gasteiger partial charge in [0.2, 0.25) is 0 Å². The fourth-order valence-electron chi connectivity index (χ4n) is 1.05. The summed E-state index contributed by atoms with van der Waals surface area (Å²) in [6.07, 6.45) is 1.82. The zero-order chi connectivity index (χ0) is 10.5. The van der Waals surface area contributed by atoms with Crippen LogP contribution >= 0.6 is 11.8 Å². The van der Waals surface area contributed by atoms with Crippen LogP contribution in [0.4, 0.5) is 0 Å². The van der Waals surface area contributed by atoms with E-state index in [-0.39, 0.29) is 0 Å². The van der Waals surface area contributed by atoms with Crippen molar-refractivity contribution in [1.82, 2.24) is 15.2 Å². The first kappa shape index (κ1) is 10.3. The van der Waals surface area contributed by atoms with E-state index in [1.807, 2.05) is 18.3 Å². The predicted octanol–water partition coefficient (Wildman–Crippen LogP) is 1.80. The normalized spacial score (nSPS) is 10.7. The summed E-state index contributed by atoms with van der Waals surface area (Å²) in [6, 6.07) is 3.77. The molecule has 0 radical (unpaired) electrons. The standard InChI is InChI=1S/C9H11N3O2S/c1-13-5-6-15-9-12-11-8(14-9)7-3-2-4-10-7/h2-4,10H,5-6H2,1H3. The molecule has 2 rings (SSSR count). The van der Waals surface area contributed by atoms with Gasteiger partial charge in [-0.3, -0.25) is 0 Å². The number of aromatic amines is 1. The monoisotopic (exact) mass is 225 g/mol. The Morgan fingerprint density at radius 2 is 2.47 bits per heavy atom. The van der Waals surface area contributed by atoms with E-state index in [0.717, 1.165) is 11.4 Å². The van der Waals surface area contributed by atoms with Crippen LogP contribution in [-0.2, 0) is 4.74 Å². The van der Waals surface area contributed by atoms with Crippen LogP contribution in [0.2, 0.25) is 0 Å². The van der Waals surface area contributed by atoms with Crippen molar-refractivity contribution in [2.24, 2.45) is 0 Å². The number of rotatable bonds is 5. The van der Waals surface area contributed by atoms with Gasteiger partial charge in [-0.1, -0.05) is 11.8 Å². The summed E-state index contributed by atoms with van der Waals surface area (Å²) in [5.74, 6) is 1.32. The minimum absolute atomic E-state index is 0.514. The van der Waals surface area contributed by atoms with Crippen LogP contribution in [0, 0.1) is 0 Å². The molecule has 0 saturated carbocycles. The third-order valence-corrected chi connectivity index (χ3v) is 2.53. The van der Waals surface area contributed by atoms with E-state index in [9.17, 15) is 0 Å². The van der Waals surface area contributed by atoms with Gasteiger partial charge in [-0.15, -0.1) is 10.2 Å². The molecule has 2 aromatic heterocycles. The van der Waals surface area contributed by atoms with Crippen molar-refractivity contribution in [1.29, 1.82) is 0 Å². The van der Waals surface area contributed by atoms with Crippen molar-refractivity contribution in [2.45, 2.75) is 5.22 Å². The van der Waals surface area contributed by atoms with Gasteiger partial charge in [0.25, 0.3) is 11.1 Å². The number of nitrogens with one attached hydrogen (secondary N) is 1. The van der Waals surface area contributed by atoms with Crippen molar-refractivity contribution in [3.8, 4) is 11.6 Å². The molecule has 0 fully saturated rings. The van der Waals surface area contributed by atoms with Gasteiger partial charge >= 0.3 is 0 Å². The Morgan fingerprint density at radius 1 is 1.53 bits per heavy atom. The van der Waals surface area contributed by atoms with Crippen LogP contribution in [0.15, 0.2) is 28.0 Å². The minimum Gasteiger partial charge on any atom is -0.410 e. The van der Waals surface area contributed by atoms with E-state index in [4.69, 9.17) is 9.15 Å². The number of H-pyrrole nitrogens is 1. The largest absolute Gasteiger partial charge is 0.410 e. The molecule has 0 bridgehead atoms. The second kappa shape index (κ2) is 4.99. The number of methoxy groups -OCH3 is 1. The van der Waals surface area contributed by atoms with Crippen LogP contribution in [0.1, 0.15) is 0 Å². The summed E-state index contributed by atoms with van der Waals surface area (Å²) in [5, 5.41) is 8.41. The molecule has 0 aliphatic carbocycles. The van der Waals surface area contributed by atoms with E-state index in [1.54, 1.807) is 7.11 Å². The van der Waals surface area contributed by atoms with Crippen LogP contribution in [0.5, 0.6) is 0 Å². The van der Waals surface area contributed by atoms with E-state index >= 15 is 0 Å². The maximum Gasteiger partial charge on any atom is 0.276 e. The Bertz CT molecular complexity index is 399. The number of hydrogen-bond donors (Lipinski definition) is 1. The van der Waals surface area contributed by atoms with Crippen molar-refractivity contribution in [3.63, 3.8) is 0 Å². The van der Waals surface area contributed by atoms with Gasteiger partial charge in [0, 0.05) is 19.1 Å². The molecule has 1 N–H and O–H groups in total. The molecule has 0 spiro atoms. The highest BCUT2D eigenvalue weighted by Crippen LogP contribution is 2.21. The molecule has 2 aromatic rings.